The highest BCUT2D eigenvalue weighted by atomic mass is 35.5. The minimum atomic E-state index is -0.499. The summed E-state index contributed by atoms with van der Waals surface area (Å²) in [5.74, 6) is 6.40. The number of amides is 1. The number of nitrogen functional groups attached to an aromatic ring is 1. The zero-order chi connectivity index (χ0) is 20.1. The molecular weight excluding hydrogens is 405 g/mol. The van der Waals surface area contributed by atoms with Crippen LogP contribution in [0.25, 0.3) is 0 Å². The van der Waals surface area contributed by atoms with Crippen molar-refractivity contribution in [3.05, 3.63) is 65.2 Å². The first kappa shape index (κ1) is 20.0. The fourth-order valence-electron chi connectivity index (χ4n) is 2.15. The third-order valence-electron chi connectivity index (χ3n) is 3.68. The van der Waals surface area contributed by atoms with Gasteiger partial charge >= 0.3 is 0 Å². The van der Waals surface area contributed by atoms with Crippen LogP contribution < -0.4 is 15.9 Å². The summed E-state index contributed by atoms with van der Waals surface area (Å²) in [6, 6.07) is 12.4. The molecule has 0 fully saturated rings. The molecule has 0 aliphatic heterocycles. The van der Waals surface area contributed by atoms with Crippen LogP contribution in [0.1, 0.15) is 12.7 Å². The van der Waals surface area contributed by atoms with Gasteiger partial charge in [0.25, 0.3) is 0 Å². The number of rotatable bonds is 7. The molecule has 28 heavy (non-hydrogen) atoms. The normalized spacial score (nSPS) is 11.8. The highest BCUT2D eigenvalue weighted by molar-refractivity contribution is 8.00. The number of carbonyl (C=O) groups excluding carboxylic acids is 1. The molecule has 3 N–H and O–H groups in total. The van der Waals surface area contributed by atoms with E-state index in [-0.39, 0.29) is 18.3 Å². The summed E-state index contributed by atoms with van der Waals surface area (Å²) in [4.78, 5) is 12.3. The van der Waals surface area contributed by atoms with Gasteiger partial charge in [-0.15, -0.1) is 10.2 Å². The Hall–Kier alpha value is -2.78. The molecular formula is C18H17ClFN5O2S. The topological polar surface area (TPSA) is 95.1 Å². The summed E-state index contributed by atoms with van der Waals surface area (Å²) >= 11 is 6.99. The number of halogens is 2. The van der Waals surface area contributed by atoms with Crippen molar-refractivity contribution in [3.63, 3.8) is 0 Å². The molecule has 0 aliphatic rings. The lowest BCUT2D eigenvalue weighted by Crippen LogP contribution is -2.24. The first-order valence-corrected chi connectivity index (χ1v) is 9.49. The van der Waals surface area contributed by atoms with Crippen LogP contribution >= 0.6 is 23.4 Å². The van der Waals surface area contributed by atoms with Gasteiger partial charge in [0.15, 0.2) is 5.82 Å². The van der Waals surface area contributed by atoms with E-state index in [1.165, 1.54) is 28.9 Å². The Morgan fingerprint density at radius 3 is 2.61 bits per heavy atom. The quantitative estimate of drug-likeness (QED) is 0.448. The summed E-state index contributed by atoms with van der Waals surface area (Å²) in [6.07, 6.45) is 0. The van der Waals surface area contributed by atoms with Gasteiger partial charge in [-0.1, -0.05) is 23.4 Å². The van der Waals surface area contributed by atoms with E-state index in [4.69, 9.17) is 22.2 Å². The maximum atomic E-state index is 12.9. The van der Waals surface area contributed by atoms with Crippen molar-refractivity contribution in [1.82, 2.24) is 14.9 Å². The lowest BCUT2D eigenvalue weighted by atomic mass is 10.3. The number of thioether (sulfide) groups is 1. The minimum absolute atomic E-state index is 0.113. The number of nitrogens with two attached hydrogens (primary N) is 1. The largest absolute Gasteiger partial charge is 0.486 e. The predicted octanol–water partition coefficient (Wildman–Crippen LogP) is 3.48. The molecule has 0 radical (unpaired) electrons. The van der Waals surface area contributed by atoms with Crippen molar-refractivity contribution >= 4 is 35.0 Å². The van der Waals surface area contributed by atoms with Crippen LogP contribution in [0.4, 0.5) is 10.1 Å². The van der Waals surface area contributed by atoms with Crippen molar-refractivity contribution < 1.29 is 13.9 Å². The van der Waals surface area contributed by atoms with Gasteiger partial charge in [-0.25, -0.2) is 9.07 Å². The summed E-state index contributed by atoms with van der Waals surface area (Å²) in [6.45, 7) is 1.82. The Kier molecular flexibility index (Phi) is 6.37. The summed E-state index contributed by atoms with van der Waals surface area (Å²) < 4.78 is 19.8. The van der Waals surface area contributed by atoms with Gasteiger partial charge in [-0.2, -0.15) is 0 Å². The number of hydrogen-bond acceptors (Lipinski definition) is 6. The number of carbonyl (C=O) groups is 1. The molecule has 0 saturated carbocycles. The third-order valence-corrected chi connectivity index (χ3v) is 4.99. The number of nitrogens with zero attached hydrogens (tertiary/aromatic N) is 3. The van der Waals surface area contributed by atoms with E-state index in [9.17, 15) is 9.18 Å². The van der Waals surface area contributed by atoms with Gasteiger partial charge in [-0.3, -0.25) is 4.79 Å². The number of benzene rings is 2. The second-order valence-corrected chi connectivity index (χ2v) is 7.51. The summed E-state index contributed by atoms with van der Waals surface area (Å²) in [7, 11) is 0. The molecule has 1 atom stereocenters. The SMILES string of the molecule is C[C@H](Sc1nnc(COc2ccc(Cl)cc2)n1N)C(=O)Nc1ccc(F)cc1. The van der Waals surface area contributed by atoms with Crippen molar-refractivity contribution in [2.24, 2.45) is 0 Å². The van der Waals surface area contributed by atoms with Crippen LogP contribution in [-0.2, 0) is 11.4 Å². The molecule has 3 aromatic rings. The van der Waals surface area contributed by atoms with Gasteiger partial charge < -0.3 is 15.9 Å². The first-order valence-electron chi connectivity index (χ1n) is 8.23. The van der Waals surface area contributed by atoms with Crippen LogP contribution in [0.5, 0.6) is 5.75 Å². The molecule has 0 spiro atoms. The molecule has 146 valence electrons. The fourth-order valence-corrected chi connectivity index (χ4v) is 3.07. The second-order valence-electron chi connectivity index (χ2n) is 5.77. The van der Waals surface area contributed by atoms with Gasteiger partial charge in [0.1, 0.15) is 18.2 Å². The average Bonchev–Trinajstić information content (AvgIpc) is 3.03. The molecule has 2 aromatic carbocycles. The Bertz CT molecular complexity index is 950. The Morgan fingerprint density at radius 1 is 1.25 bits per heavy atom. The highest BCUT2D eigenvalue weighted by Crippen LogP contribution is 2.23. The van der Waals surface area contributed by atoms with E-state index < -0.39 is 5.25 Å². The van der Waals surface area contributed by atoms with Crippen LogP contribution in [-0.4, -0.2) is 26.0 Å². The number of aromatic nitrogens is 3. The lowest BCUT2D eigenvalue weighted by molar-refractivity contribution is -0.115. The van der Waals surface area contributed by atoms with Crippen LogP contribution in [0.2, 0.25) is 5.02 Å². The van der Waals surface area contributed by atoms with Crippen molar-refractivity contribution in [2.45, 2.75) is 23.9 Å². The van der Waals surface area contributed by atoms with Crippen LogP contribution in [0.15, 0.2) is 53.7 Å². The Labute approximate surface area is 170 Å². The zero-order valence-electron chi connectivity index (χ0n) is 14.8. The van der Waals surface area contributed by atoms with Gasteiger partial charge in [0.2, 0.25) is 11.1 Å². The lowest BCUT2D eigenvalue weighted by Gasteiger charge is -2.11. The average molecular weight is 422 g/mol. The molecule has 0 saturated heterocycles. The van der Waals surface area contributed by atoms with E-state index in [1.54, 1.807) is 31.2 Å². The number of anilines is 1. The van der Waals surface area contributed by atoms with E-state index in [0.29, 0.717) is 27.4 Å². The standard InChI is InChI=1S/C18H17ClFN5O2S/c1-11(17(26)22-14-6-4-13(20)5-7-14)28-18-24-23-16(25(18)21)10-27-15-8-2-12(19)3-9-15/h2-9,11H,10,21H2,1H3,(H,22,26)/t11-/m0/s1. The molecule has 3 rings (SSSR count). The number of ether oxygens (including phenoxy) is 1. The smallest absolute Gasteiger partial charge is 0.237 e. The maximum Gasteiger partial charge on any atom is 0.237 e. The molecule has 0 bridgehead atoms. The first-order chi connectivity index (χ1) is 13.4. The van der Waals surface area contributed by atoms with Crippen molar-refractivity contribution in [3.8, 4) is 5.75 Å². The maximum absolute atomic E-state index is 12.9. The Morgan fingerprint density at radius 2 is 1.93 bits per heavy atom. The van der Waals surface area contributed by atoms with Gasteiger partial charge in [0.05, 0.1) is 5.25 Å². The van der Waals surface area contributed by atoms with E-state index >= 15 is 0 Å². The van der Waals surface area contributed by atoms with E-state index in [2.05, 4.69) is 15.5 Å². The number of hydrogen-bond donors (Lipinski definition) is 2. The molecule has 0 aliphatic carbocycles. The summed E-state index contributed by atoms with van der Waals surface area (Å²) in [5.41, 5.74) is 0.505. The second kappa shape index (κ2) is 8.94. The molecule has 7 nitrogen and oxygen atoms in total. The number of nitrogens with one attached hydrogen (secondary N) is 1. The fraction of sp³-hybridized carbons (Fsp3) is 0.167. The van der Waals surface area contributed by atoms with Crippen molar-refractivity contribution in [2.75, 3.05) is 11.2 Å². The molecule has 10 heteroatoms. The van der Waals surface area contributed by atoms with Crippen LogP contribution in [0, 0.1) is 5.82 Å². The monoisotopic (exact) mass is 421 g/mol. The van der Waals surface area contributed by atoms with Gasteiger partial charge in [0, 0.05) is 10.7 Å². The minimum Gasteiger partial charge on any atom is -0.486 e. The van der Waals surface area contributed by atoms with E-state index in [0.717, 1.165) is 11.8 Å². The molecule has 1 amide bonds. The third kappa shape index (κ3) is 5.14. The summed E-state index contributed by atoms with van der Waals surface area (Å²) in [5, 5.41) is 11.2. The zero-order valence-corrected chi connectivity index (χ0v) is 16.4. The van der Waals surface area contributed by atoms with E-state index in [1.807, 2.05) is 0 Å². The van der Waals surface area contributed by atoms with Crippen LogP contribution in [0.3, 0.4) is 0 Å². The van der Waals surface area contributed by atoms with Crippen molar-refractivity contribution in [1.29, 1.82) is 0 Å². The highest BCUT2D eigenvalue weighted by Gasteiger charge is 2.19. The predicted molar refractivity (Wildman–Crippen MR) is 106 cm³/mol. The Balaban J connectivity index is 1.57. The molecule has 0 unspecified atom stereocenters. The molecule has 1 aromatic heterocycles. The molecule has 1 heterocycles. The van der Waals surface area contributed by atoms with Gasteiger partial charge in [-0.05, 0) is 55.5 Å².